The van der Waals surface area contributed by atoms with Crippen LogP contribution >= 0.6 is 0 Å². The minimum Gasteiger partial charge on any atom is -0.370 e. The maximum atomic E-state index is 13.5. The number of hydrogen-bond acceptors (Lipinski definition) is 5. The molecular weight excluding hydrogens is 498 g/mol. The second kappa shape index (κ2) is 11.2. The van der Waals surface area contributed by atoms with E-state index in [0.717, 1.165) is 73.7 Å². The zero-order valence-corrected chi connectivity index (χ0v) is 23.4. The van der Waals surface area contributed by atoms with E-state index in [4.69, 9.17) is 4.98 Å². The van der Waals surface area contributed by atoms with Crippen LogP contribution < -0.4 is 15.1 Å². The molecule has 0 unspecified atom stereocenters. The molecule has 206 valence electrons. The normalized spacial score (nSPS) is 16.4. The van der Waals surface area contributed by atoms with Crippen molar-refractivity contribution in [3.63, 3.8) is 0 Å². The molecule has 1 aliphatic carbocycles. The Hall–Kier alpha value is -4.13. The molecule has 0 spiro atoms. The summed E-state index contributed by atoms with van der Waals surface area (Å²) in [4.78, 5) is 36.2. The summed E-state index contributed by atoms with van der Waals surface area (Å²) in [6.07, 6.45) is 7.38. The Balaban J connectivity index is 1.13. The zero-order valence-electron chi connectivity index (χ0n) is 23.4. The van der Waals surface area contributed by atoms with E-state index in [0.29, 0.717) is 17.3 Å². The highest BCUT2D eigenvalue weighted by Gasteiger charge is 2.29. The number of Topliss-reactive ketones (excluding diaryl/α,β-unsaturated/α-hetero) is 1. The Morgan fingerprint density at radius 3 is 2.38 bits per heavy atom. The SMILES string of the molecule is Cc1cc(C)nc(N2CCCN(c3ccc(NC(=O)C(=O)c4c(C5CCCC5)cc5ccccn45)cc3)CC2)c1. The number of anilines is 3. The molecule has 1 saturated heterocycles. The fourth-order valence-electron chi connectivity index (χ4n) is 6.37. The first-order valence-electron chi connectivity index (χ1n) is 14.5. The van der Waals surface area contributed by atoms with Crippen molar-refractivity contribution in [1.29, 1.82) is 0 Å². The molecule has 0 bridgehead atoms. The van der Waals surface area contributed by atoms with E-state index in [1.807, 2.05) is 60.0 Å². The van der Waals surface area contributed by atoms with E-state index in [1.165, 1.54) is 18.4 Å². The highest BCUT2D eigenvalue weighted by molar-refractivity contribution is 6.46. The average molecular weight is 536 g/mol. The predicted molar refractivity (Wildman–Crippen MR) is 161 cm³/mol. The number of benzene rings is 1. The number of carbonyl (C=O) groups excluding carboxylic acids is 2. The van der Waals surface area contributed by atoms with Gasteiger partial charge in [0.2, 0.25) is 0 Å². The number of amides is 1. The van der Waals surface area contributed by atoms with Gasteiger partial charge in [-0.1, -0.05) is 18.9 Å². The Bertz CT molecular complexity index is 1510. The van der Waals surface area contributed by atoms with Gasteiger partial charge in [-0.3, -0.25) is 9.59 Å². The van der Waals surface area contributed by atoms with E-state index in [1.54, 1.807) is 0 Å². The number of pyridine rings is 2. The number of aromatic nitrogens is 2. The first-order valence-corrected chi connectivity index (χ1v) is 14.5. The number of hydrogen-bond donors (Lipinski definition) is 1. The molecule has 4 heterocycles. The summed E-state index contributed by atoms with van der Waals surface area (Å²) in [6.45, 7) is 7.88. The molecule has 1 saturated carbocycles. The van der Waals surface area contributed by atoms with Crippen LogP contribution in [-0.4, -0.2) is 47.3 Å². The van der Waals surface area contributed by atoms with Crippen LogP contribution in [0.4, 0.5) is 17.2 Å². The monoisotopic (exact) mass is 535 g/mol. The van der Waals surface area contributed by atoms with Crippen molar-refractivity contribution in [2.24, 2.45) is 0 Å². The van der Waals surface area contributed by atoms with E-state index in [-0.39, 0.29) is 0 Å². The third-order valence-corrected chi connectivity index (χ3v) is 8.32. The van der Waals surface area contributed by atoms with Crippen LogP contribution in [0.15, 0.2) is 66.9 Å². The second-order valence-corrected chi connectivity index (χ2v) is 11.2. The maximum absolute atomic E-state index is 13.5. The molecule has 2 aliphatic rings. The van der Waals surface area contributed by atoms with E-state index < -0.39 is 11.7 Å². The van der Waals surface area contributed by atoms with Crippen LogP contribution in [0.5, 0.6) is 0 Å². The highest BCUT2D eigenvalue weighted by atomic mass is 16.2. The molecule has 4 aromatic rings. The Kier molecular flexibility index (Phi) is 7.29. The first-order chi connectivity index (χ1) is 19.5. The molecule has 1 N–H and O–H groups in total. The average Bonchev–Trinajstić information content (AvgIpc) is 3.54. The van der Waals surface area contributed by atoms with Gasteiger partial charge in [-0.25, -0.2) is 4.98 Å². The highest BCUT2D eigenvalue weighted by Crippen LogP contribution is 2.37. The fourth-order valence-corrected chi connectivity index (χ4v) is 6.37. The lowest BCUT2D eigenvalue weighted by molar-refractivity contribution is -0.112. The van der Waals surface area contributed by atoms with E-state index in [9.17, 15) is 9.59 Å². The third kappa shape index (κ3) is 5.33. The van der Waals surface area contributed by atoms with Crippen LogP contribution in [0.1, 0.15) is 65.3 Å². The number of nitrogens with one attached hydrogen (secondary N) is 1. The molecular formula is C33H37N5O2. The summed E-state index contributed by atoms with van der Waals surface area (Å²) in [5.41, 5.74) is 6.48. The van der Waals surface area contributed by atoms with Gasteiger partial charge >= 0.3 is 0 Å². The number of carbonyl (C=O) groups is 2. The predicted octanol–water partition coefficient (Wildman–Crippen LogP) is 6.15. The fraction of sp³-hybridized carbons (Fsp3) is 0.364. The van der Waals surface area contributed by atoms with Crippen molar-refractivity contribution in [3.8, 4) is 0 Å². The molecule has 0 atom stereocenters. The van der Waals surface area contributed by atoms with Crippen molar-refractivity contribution in [2.45, 2.75) is 51.9 Å². The van der Waals surface area contributed by atoms with Crippen molar-refractivity contribution in [1.82, 2.24) is 9.38 Å². The molecule has 7 heteroatoms. The van der Waals surface area contributed by atoms with E-state index in [2.05, 4.69) is 40.2 Å². The third-order valence-electron chi connectivity index (χ3n) is 8.32. The van der Waals surface area contributed by atoms with Gasteiger partial charge in [0.05, 0.1) is 0 Å². The van der Waals surface area contributed by atoms with Crippen LogP contribution in [0.25, 0.3) is 5.52 Å². The number of rotatable bonds is 6. The quantitative estimate of drug-likeness (QED) is 0.237. The molecule has 2 fully saturated rings. The minimum atomic E-state index is -0.595. The maximum Gasteiger partial charge on any atom is 0.298 e. The minimum absolute atomic E-state index is 0.334. The van der Waals surface area contributed by atoms with Gasteiger partial charge in [-0.05, 0) is 105 Å². The molecule has 6 rings (SSSR count). The summed E-state index contributed by atoms with van der Waals surface area (Å²) in [7, 11) is 0. The molecule has 0 radical (unpaired) electrons. The molecule has 1 aliphatic heterocycles. The zero-order chi connectivity index (χ0) is 27.6. The Morgan fingerprint density at radius 1 is 0.850 bits per heavy atom. The number of nitrogens with zero attached hydrogens (tertiary/aromatic N) is 4. The van der Waals surface area contributed by atoms with Crippen LogP contribution in [-0.2, 0) is 4.79 Å². The van der Waals surface area contributed by atoms with Gasteiger partial charge in [0.1, 0.15) is 11.5 Å². The van der Waals surface area contributed by atoms with Crippen LogP contribution in [0.3, 0.4) is 0 Å². The molecule has 40 heavy (non-hydrogen) atoms. The number of fused-ring (bicyclic) bond motifs is 1. The van der Waals surface area contributed by atoms with E-state index >= 15 is 0 Å². The standard InChI is InChI=1S/C33H37N5O2/c1-23-20-24(2)34-30(21-23)37-16-7-15-36(18-19-37)27-13-11-26(12-14-27)35-33(40)32(39)31-29(25-8-3-4-9-25)22-28-10-5-6-17-38(28)31/h5-6,10-14,17,20-22,25H,3-4,7-9,15-16,18-19H2,1-2H3,(H,35,40). The van der Waals surface area contributed by atoms with Crippen molar-refractivity contribution in [2.75, 3.05) is 41.3 Å². The van der Waals surface area contributed by atoms with Gasteiger partial charge in [-0.15, -0.1) is 0 Å². The molecule has 3 aromatic heterocycles. The van der Waals surface area contributed by atoms with Crippen molar-refractivity contribution >= 4 is 34.4 Å². The number of ketones is 1. The lowest BCUT2D eigenvalue weighted by Crippen LogP contribution is -2.31. The van der Waals surface area contributed by atoms with Crippen LogP contribution in [0, 0.1) is 13.8 Å². The largest absolute Gasteiger partial charge is 0.370 e. The summed E-state index contributed by atoms with van der Waals surface area (Å²) in [6, 6.07) is 20.1. The molecule has 1 aromatic carbocycles. The lowest BCUT2D eigenvalue weighted by Gasteiger charge is -2.25. The summed E-state index contributed by atoms with van der Waals surface area (Å²) >= 11 is 0. The lowest BCUT2D eigenvalue weighted by atomic mass is 9.96. The van der Waals surface area contributed by atoms with Gasteiger partial charge in [0.15, 0.2) is 0 Å². The second-order valence-electron chi connectivity index (χ2n) is 11.2. The topological polar surface area (TPSA) is 70.0 Å². The van der Waals surface area contributed by atoms with Gasteiger partial charge < -0.3 is 19.5 Å². The Labute approximate surface area is 235 Å². The summed E-state index contributed by atoms with van der Waals surface area (Å²) in [5, 5.41) is 2.86. The molecule has 7 nitrogen and oxygen atoms in total. The van der Waals surface area contributed by atoms with Gasteiger partial charge in [0.25, 0.3) is 11.7 Å². The first kappa shape index (κ1) is 26.1. The number of aryl methyl sites for hydroxylation is 2. The van der Waals surface area contributed by atoms with Crippen molar-refractivity contribution < 1.29 is 9.59 Å². The summed E-state index contributed by atoms with van der Waals surface area (Å²) in [5.74, 6) is 0.308. The molecule has 1 amide bonds. The smallest absolute Gasteiger partial charge is 0.298 e. The van der Waals surface area contributed by atoms with Crippen molar-refractivity contribution in [3.05, 3.63) is 89.4 Å². The Morgan fingerprint density at radius 2 is 1.60 bits per heavy atom. The van der Waals surface area contributed by atoms with Gasteiger partial charge in [0, 0.05) is 55.0 Å². The van der Waals surface area contributed by atoms with Gasteiger partial charge in [-0.2, -0.15) is 0 Å². The summed E-state index contributed by atoms with van der Waals surface area (Å²) < 4.78 is 1.87. The van der Waals surface area contributed by atoms with Crippen LogP contribution in [0.2, 0.25) is 0 Å².